The Kier molecular flexibility index (Phi) is 4.48. The van der Waals surface area contributed by atoms with Crippen molar-refractivity contribution in [2.24, 2.45) is 0 Å². The first-order valence-corrected chi connectivity index (χ1v) is 8.31. The number of hydrogen-bond donors (Lipinski definition) is 0. The van der Waals surface area contributed by atoms with Crippen molar-refractivity contribution in [3.05, 3.63) is 54.1 Å². The van der Waals surface area contributed by atoms with E-state index in [2.05, 4.69) is 29.2 Å². The molecular formula is C17H18NO2S-. The van der Waals surface area contributed by atoms with Gasteiger partial charge in [-0.05, 0) is 71.9 Å². The van der Waals surface area contributed by atoms with E-state index in [1.807, 2.05) is 12.1 Å². The third-order valence-corrected chi connectivity index (χ3v) is 4.57. The maximum absolute atomic E-state index is 10.9. The van der Waals surface area contributed by atoms with Crippen LogP contribution in [0, 0.1) is 0 Å². The van der Waals surface area contributed by atoms with Crippen LogP contribution in [-0.2, 0) is 17.6 Å². The summed E-state index contributed by atoms with van der Waals surface area (Å²) in [4.78, 5) is 2.80. The fourth-order valence-corrected chi connectivity index (χ4v) is 3.16. The summed E-state index contributed by atoms with van der Waals surface area (Å²) in [6.45, 7) is 3.37. The molecule has 21 heavy (non-hydrogen) atoms. The average Bonchev–Trinajstić information content (AvgIpc) is 3.00. The van der Waals surface area contributed by atoms with Crippen LogP contribution in [0.2, 0.25) is 0 Å². The van der Waals surface area contributed by atoms with E-state index >= 15 is 0 Å². The van der Waals surface area contributed by atoms with E-state index in [1.165, 1.54) is 31.5 Å². The second-order valence-electron chi connectivity index (χ2n) is 5.44. The number of benzene rings is 2. The molecule has 110 valence electrons. The van der Waals surface area contributed by atoms with Gasteiger partial charge in [-0.2, -0.15) is 0 Å². The van der Waals surface area contributed by atoms with E-state index in [1.54, 1.807) is 12.1 Å². The quantitative estimate of drug-likeness (QED) is 0.815. The summed E-state index contributed by atoms with van der Waals surface area (Å²) in [5, 5.41) is 0. The van der Waals surface area contributed by atoms with Crippen LogP contribution in [0.1, 0.15) is 18.4 Å². The minimum absolute atomic E-state index is 0.326. The second kappa shape index (κ2) is 6.52. The zero-order valence-corrected chi connectivity index (χ0v) is 12.6. The lowest BCUT2D eigenvalue weighted by atomic mass is 10.0. The molecule has 1 aliphatic heterocycles. The van der Waals surface area contributed by atoms with Crippen molar-refractivity contribution >= 4 is 11.1 Å². The Labute approximate surface area is 127 Å². The maximum atomic E-state index is 10.9. The van der Waals surface area contributed by atoms with E-state index in [-0.39, 0.29) is 0 Å². The third-order valence-electron chi connectivity index (χ3n) is 3.91. The number of likely N-dealkylation sites (tertiary alicyclic amines) is 1. The highest BCUT2D eigenvalue weighted by atomic mass is 32.2. The largest absolute Gasteiger partial charge is 0.768 e. The molecule has 0 radical (unpaired) electrons. The zero-order chi connectivity index (χ0) is 14.7. The maximum Gasteiger partial charge on any atom is 0.0249 e. The van der Waals surface area contributed by atoms with E-state index < -0.39 is 11.1 Å². The smallest absolute Gasteiger partial charge is 0.0249 e. The lowest BCUT2D eigenvalue weighted by Crippen LogP contribution is -2.18. The van der Waals surface area contributed by atoms with Gasteiger partial charge in [0.05, 0.1) is 0 Å². The van der Waals surface area contributed by atoms with E-state index in [9.17, 15) is 8.76 Å². The summed E-state index contributed by atoms with van der Waals surface area (Å²) in [6, 6.07) is 15.5. The predicted molar refractivity (Wildman–Crippen MR) is 83.6 cm³/mol. The van der Waals surface area contributed by atoms with Gasteiger partial charge in [0.15, 0.2) is 0 Å². The first kappa shape index (κ1) is 14.4. The molecule has 1 saturated heterocycles. The average molecular weight is 300 g/mol. The van der Waals surface area contributed by atoms with Crippen LogP contribution in [0.15, 0.2) is 53.4 Å². The van der Waals surface area contributed by atoms with Gasteiger partial charge in [0.25, 0.3) is 0 Å². The van der Waals surface area contributed by atoms with Gasteiger partial charge < -0.3 is 4.55 Å². The van der Waals surface area contributed by atoms with E-state index in [4.69, 9.17) is 0 Å². The summed E-state index contributed by atoms with van der Waals surface area (Å²) in [7, 11) is 0. The number of hydrogen-bond acceptors (Lipinski definition) is 3. The third kappa shape index (κ3) is 3.59. The van der Waals surface area contributed by atoms with Gasteiger partial charge in [0, 0.05) is 11.4 Å². The molecule has 0 amide bonds. The Balaban J connectivity index is 1.79. The minimum atomic E-state index is -2.16. The van der Waals surface area contributed by atoms with Crippen LogP contribution in [0.5, 0.6) is 0 Å². The van der Waals surface area contributed by atoms with Crippen LogP contribution >= 0.6 is 0 Å². The van der Waals surface area contributed by atoms with Crippen molar-refractivity contribution in [2.75, 3.05) is 13.1 Å². The molecule has 0 aliphatic carbocycles. The van der Waals surface area contributed by atoms with Gasteiger partial charge in [-0.1, -0.05) is 30.3 Å². The van der Waals surface area contributed by atoms with Crippen LogP contribution in [-0.4, -0.2) is 26.8 Å². The van der Waals surface area contributed by atoms with Crippen molar-refractivity contribution < 1.29 is 8.76 Å². The molecule has 2 aromatic rings. The standard InChI is InChI=1S/C17H19NO2S/c19-21(20)17-8-6-15(7-9-17)16-5-3-4-14(12-16)13-18-10-1-2-11-18/h3-9,12H,1-2,10-11,13H2,(H,19,20)/p-1. The number of rotatable bonds is 4. The molecule has 3 nitrogen and oxygen atoms in total. The highest BCUT2D eigenvalue weighted by Gasteiger charge is 2.11. The molecule has 4 heteroatoms. The summed E-state index contributed by atoms with van der Waals surface area (Å²) >= 11 is -2.16. The molecular weight excluding hydrogens is 282 g/mol. The Bertz CT molecular complexity index is 633. The van der Waals surface area contributed by atoms with Crippen LogP contribution in [0.3, 0.4) is 0 Å². The van der Waals surface area contributed by atoms with Gasteiger partial charge in [0.1, 0.15) is 0 Å². The van der Waals surface area contributed by atoms with E-state index in [0.717, 1.165) is 17.7 Å². The molecule has 0 bridgehead atoms. The lowest BCUT2D eigenvalue weighted by Gasteiger charge is -2.15. The van der Waals surface area contributed by atoms with Gasteiger partial charge in [-0.25, -0.2) is 0 Å². The van der Waals surface area contributed by atoms with Crippen LogP contribution in [0.25, 0.3) is 11.1 Å². The summed E-state index contributed by atoms with van der Waals surface area (Å²) < 4.78 is 21.8. The first-order chi connectivity index (χ1) is 10.2. The zero-order valence-electron chi connectivity index (χ0n) is 11.8. The fourth-order valence-electron chi connectivity index (χ4n) is 2.81. The molecule has 1 fully saturated rings. The Hall–Kier alpha value is -1.49. The van der Waals surface area contributed by atoms with Crippen molar-refractivity contribution in [1.29, 1.82) is 0 Å². The second-order valence-corrected chi connectivity index (χ2v) is 6.38. The topological polar surface area (TPSA) is 43.4 Å². The SMILES string of the molecule is O=S([O-])c1ccc(-c2cccc(CN3CCCC3)c2)cc1. The molecule has 3 rings (SSSR count). The lowest BCUT2D eigenvalue weighted by molar-refractivity contribution is 0.331. The molecule has 1 atom stereocenters. The highest BCUT2D eigenvalue weighted by molar-refractivity contribution is 7.79. The first-order valence-electron chi connectivity index (χ1n) is 7.23. The fraction of sp³-hybridized carbons (Fsp3) is 0.294. The monoisotopic (exact) mass is 300 g/mol. The van der Waals surface area contributed by atoms with Crippen molar-refractivity contribution in [1.82, 2.24) is 4.90 Å². The normalized spacial score (nSPS) is 17.0. The van der Waals surface area contributed by atoms with Crippen molar-refractivity contribution in [3.63, 3.8) is 0 Å². The van der Waals surface area contributed by atoms with Crippen molar-refractivity contribution in [2.45, 2.75) is 24.3 Å². The summed E-state index contributed by atoms with van der Waals surface area (Å²) in [5.74, 6) is 0. The van der Waals surface area contributed by atoms with Crippen LogP contribution in [0.4, 0.5) is 0 Å². The molecule has 1 unspecified atom stereocenters. The molecule has 0 saturated carbocycles. The van der Waals surface area contributed by atoms with Gasteiger partial charge >= 0.3 is 0 Å². The molecule has 1 heterocycles. The van der Waals surface area contributed by atoms with Gasteiger partial charge in [-0.15, -0.1) is 0 Å². The molecule has 0 spiro atoms. The molecule has 1 aliphatic rings. The molecule has 0 N–H and O–H groups in total. The van der Waals surface area contributed by atoms with Crippen LogP contribution < -0.4 is 0 Å². The van der Waals surface area contributed by atoms with Gasteiger partial charge in [-0.3, -0.25) is 9.11 Å². The Morgan fingerprint density at radius 1 is 1.00 bits per heavy atom. The minimum Gasteiger partial charge on any atom is -0.768 e. The highest BCUT2D eigenvalue weighted by Crippen LogP contribution is 2.23. The molecule has 0 aromatic heterocycles. The Morgan fingerprint density at radius 3 is 2.38 bits per heavy atom. The van der Waals surface area contributed by atoms with E-state index in [0.29, 0.717) is 4.90 Å². The predicted octanol–water partition coefficient (Wildman–Crippen LogP) is 3.19. The molecule has 2 aromatic carbocycles. The number of nitrogens with zero attached hydrogens (tertiary/aromatic N) is 1. The van der Waals surface area contributed by atoms with Gasteiger partial charge in [0.2, 0.25) is 0 Å². The summed E-state index contributed by atoms with van der Waals surface area (Å²) in [6.07, 6.45) is 2.60. The summed E-state index contributed by atoms with van der Waals surface area (Å²) in [5.41, 5.74) is 3.49. The Morgan fingerprint density at radius 2 is 1.71 bits per heavy atom. The van der Waals surface area contributed by atoms with Crippen molar-refractivity contribution in [3.8, 4) is 11.1 Å².